The fraction of sp³-hybridized carbons (Fsp3) is 0.500. The molecule has 0 aliphatic rings. The lowest BCUT2D eigenvalue weighted by atomic mass is 10.1. The molecule has 2 atom stereocenters. The van der Waals surface area contributed by atoms with Gasteiger partial charge in [0.25, 0.3) is 0 Å². The van der Waals surface area contributed by atoms with Gasteiger partial charge in [0.05, 0.1) is 12.0 Å². The third-order valence-electron chi connectivity index (χ3n) is 3.17. The van der Waals surface area contributed by atoms with E-state index < -0.39 is 11.9 Å². The Hall–Kier alpha value is -1.75. The number of aromatic nitrogens is 1. The van der Waals surface area contributed by atoms with Crippen LogP contribution in [0.15, 0.2) is 24.5 Å². The predicted molar refractivity (Wildman–Crippen MR) is 71.6 cm³/mol. The first kappa shape index (κ1) is 15.3. The van der Waals surface area contributed by atoms with Crippen LogP contribution in [0.5, 0.6) is 0 Å². The van der Waals surface area contributed by atoms with Gasteiger partial charge in [0.1, 0.15) is 5.78 Å². The summed E-state index contributed by atoms with van der Waals surface area (Å²) in [4.78, 5) is 28.4. The van der Waals surface area contributed by atoms with E-state index in [1.165, 1.54) is 6.92 Å². The van der Waals surface area contributed by atoms with Gasteiger partial charge in [-0.2, -0.15) is 0 Å². The van der Waals surface area contributed by atoms with Gasteiger partial charge in [0.2, 0.25) is 0 Å². The molecule has 1 aromatic heterocycles. The molecule has 0 radical (unpaired) electrons. The Labute approximate surface area is 113 Å². The number of pyridine rings is 1. The summed E-state index contributed by atoms with van der Waals surface area (Å²) in [5.41, 5.74) is 0.966. The lowest BCUT2D eigenvalue weighted by Gasteiger charge is -2.28. The average molecular weight is 264 g/mol. The van der Waals surface area contributed by atoms with Gasteiger partial charge in [0, 0.05) is 25.5 Å². The summed E-state index contributed by atoms with van der Waals surface area (Å²) < 4.78 is 0. The molecule has 1 aromatic rings. The number of Topliss-reactive ketones (excluding diaryl/α,β-unsaturated/α-hetero) is 1. The molecule has 0 fully saturated rings. The zero-order valence-corrected chi connectivity index (χ0v) is 11.5. The minimum atomic E-state index is -0.855. The monoisotopic (exact) mass is 264 g/mol. The Balaban J connectivity index is 2.80. The molecule has 1 N–H and O–H groups in total. The lowest BCUT2D eigenvalue weighted by Crippen LogP contribution is -2.41. The third kappa shape index (κ3) is 4.79. The number of carbonyl (C=O) groups is 2. The highest BCUT2D eigenvalue weighted by Crippen LogP contribution is 2.11. The number of carboxylic acid groups (broad SMARTS) is 1. The molecule has 104 valence electrons. The highest BCUT2D eigenvalue weighted by molar-refractivity contribution is 5.81. The second-order valence-electron chi connectivity index (χ2n) is 4.82. The average Bonchev–Trinajstić information content (AvgIpc) is 2.37. The fourth-order valence-corrected chi connectivity index (χ4v) is 1.77. The van der Waals surface area contributed by atoms with Crippen molar-refractivity contribution in [2.24, 2.45) is 5.92 Å². The maximum Gasteiger partial charge on any atom is 0.307 e. The normalized spacial score (nSPS) is 14.1. The molecule has 0 aliphatic heterocycles. The molecule has 0 saturated heterocycles. The summed E-state index contributed by atoms with van der Waals surface area (Å²) in [6, 6.07) is 3.44. The summed E-state index contributed by atoms with van der Waals surface area (Å²) >= 11 is 0. The number of carboxylic acids is 1. The molecule has 1 heterocycles. The Morgan fingerprint density at radius 3 is 2.58 bits per heavy atom. The van der Waals surface area contributed by atoms with E-state index in [1.807, 2.05) is 17.0 Å². The van der Waals surface area contributed by atoms with Crippen molar-refractivity contribution in [3.63, 3.8) is 0 Å². The largest absolute Gasteiger partial charge is 0.481 e. The van der Waals surface area contributed by atoms with Gasteiger partial charge < -0.3 is 5.11 Å². The summed E-state index contributed by atoms with van der Waals surface area (Å²) in [6.45, 7) is 5.82. The van der Waals surface area contributed by atoms with Gasteiger partial charge in [0.15, 0.2) is 0 Å². The van der Waals surface area contributed by atoms with Crippen molar-refractivity contribution in [3.05, 3.63) is 30.1 Å². The van der Waals surface area contributed by atoms with E-state index in [0.717, 1.165) is 5.56 Å². The van der Waals surface area contributed by atoms with E-state index in [-0.39, 0.29) is 11.8 Å². The Morgan fingerprint density at radius 2 is 2.11 bits per heavy atom. The molecule has 1 rings (SSSR count). The first-order valence-electron chi connectivity index (χ1n) is 6.28. The quantitative estimate of drug-likeness (QED) is 0.809. The van der Waals surface area contributed by atoms with Crippen molar-refractivity contribution in [2.45, 2.75) is 33.4 Å². The molecule has 0 saturated carbocycles. The molecule has 0 spiro atoms. The summed E-state index contributed by atoms with van der Waals surface area (Å²) in [7, 11) is 0. The van der Waals surface area contributed by atoms with Crippen LogP contribution in [0, 0.1) is 5.92 Å². The zero-order chi connectivity index (χ0) is 14.4. The van der Waals surface area contributed by atoms with Crippen molar-refractivity contribution < 1.29 is 14.7 Å². The molecule has 0 aliphatic carbocycles. The lowest BCUT2D eigenvalue weighted by molar-refractivity contribution is -0.142. The van der Waals surface area contributed by atoms with Crippen LogP contribution >= 0.6 is 0 Å². The SMILES string of the molecule is CC(=O)C(C)N(Cc1cccnc1)CC(C)C(=O)O. The van der Waals surface area contributed by atoms with E-state index in [1.54, 1.807) is 26.2 Å². The molecule has 2 unspecified atom stereocenters. The number of ketones is 1. The number of carbonyl (C=O) groups excluding carboxylic acids is 1. The van der Waals surface area contributed by atoms with Crippen LogP contribution in [0.3, 0.4) is 0 Å². The Bertz CT molecular complexity index is 434. The van der Waals surface area contributed by atoms with Crippen molar-refractivity contribution in [1.82, 2.24) is 9.88 Å². The van der Waals surface area contributed by atoms with E-state index >= 15 is 0 Å². The van der Waals surface area contributed by atoms with Gasteiger partial charge >= 0.3 is 5.97 Å². The number of hydrogen-bond acceptors (Lipinski definition) is 4. The highest BCUT2D eigenvalue weighted by atomic mass is 16.4. The summed E-state index contributed by atoms with van der Waals surface area (Å²) in [5, 5.41) is 8.99. The number of nitrogens with zero attached hydrogens (tertiary/aromatic N) is 2. The molecule has 5 nitrogen and oxygen atoms in total. The van der Waals surface area contributed by atoms with Crippen LogP contribution < -0.4 is 0 Å². The van der Waals surface area contributed by atoms with Crippen molar-refractivity contribution >= 4 is 11.8 Å². The number of hydrogen-bond donors (Lipinski definition) is 1. The first-order valence-corrected chi connectivity index (χ1v) is 6.28. The fourth-order valence-electron chi connectivity index (χ4n) is 1.77. The Kier molecular flexibility index (Phi) is 5.63. The third-order valence-corrected chi connectivity index (χ3v) is 3.17. The van der Waals surface area contributed by atoms with Crippen LogP contribution in [0.4, 0.5) is 0 Å². The maximum atomic E-state index is 11.5. The topological polar surface area (TPSA) is 70.5 Å². The van der Waals surface area contributed by atoms with Crippen LogP contribution in [0.2, 0.25) is 0 Å². The predicted octanol–water partition coefficient (Wildman–Crippen LogP) is 1.58. The van der Waals surface area contributed by atoms with Gasteiger partial charge in [-0.15, -0.1) is 0 Å². The van der Waals surface area contributed by atoms with Crippen LogP contribution in [-0.2, 0) is 16.1 Å². The highest BCUT2D eigenvalue weighted by Gasteiger charge is 2.23. The molecular weight excluding hydrogens is 244 g/mol. The van der Waals surface area contributed by atoms with Gasteiger partial charge in [-0.05, 0) is 25.5 Å². The molecule has 0 amide bonds. The number of rotatable bonds is 7. The summed E-state index contributed by atoms with van der Waals surface area (Å²) in [6.07, 6.45) is 3.41. The molecule has 0 bridgehead atoms. The second-order valence-corrected chi connectivity index (χ2v) is 4.82. The van der Waals surface area contributed by atoms with E-state index in [0.29, 0.717) is 13.1 Å². The van der Waals surface area contributed by atoms with Gasteiger partial charge in [-0.3, -0.25) is 19.5 Å². The summed E-state index contributed by atoms with van der Waals surface area (Å²) in [5.74, 6) is -1.34. The van der Waals surface area contributed by atoms with E-state index in [9.17, 15) is 9.59 Å². The van der Waals surface area contributed by atoms with Crippen LogP contribution in [0.1, 0.15) is 26.3 Å². The van der Waals surface area contributed by atoms with E-state index in [2.05, 4.69) is 4.98 Å². The molecule has 5 heteroatoms. The van der Waals surface area contributed by atoms with Crippen molar-refractivity contribution in [3.8, 4) is 0 Å². The van der Waals surface area contributed by atoms with Crippen LogP contribution in [-0.4, -0.2) is 39.3 Å². The molecule has 19 heavy (non-hydrogen) atoms. The first-order chi connectivity index (χ1) is 8.91. The smallest absolute Gasteiger partial charge is 0.307 e. The maximum absolute atomic E-state index is 11.5. The van der Waals surface area contributed by atoms with Crippen molar-refractivity contribution in [2.75, 3.05) is 6.54 Å². The number of aliphatic carboxylic acids is 1. The van der Waals surface area contributed by atoms with Gasteiger partial charge in [-0.1, -0.05) is 13.0 Å². The zero-order valence-electron chi connectivity index (χ0n) is 11.5. The molecular formula is C14H20N2O3. The van der Waals surface area contributed by atoms with Crippen LogP contribution in [0.25, 0.3) is 0 Å². The molecule has 0 aromatic carbocycles. The van der Waals surface area contributed by atoms with Gasteiger partial charge in [-0.25, -0.2) is 0 Å². The minimum absolute atomic E-state index is 0.0291. The Morgan fingerprint density at radius 1 is 1.42 bits per heavy atom. The van der Waals surface area contributed by atoms with Crippen molar-refractivity contribution in [1.29, 1.82) is 0 Å². The second kappa shape index (κ2) is 6.99. The van der Waals surface area contributed by atoms with E-state index in [4.69, 9.17) is 5.11 Å². The minimum Gasteiger partial charge on any atom is -0.481 e. The standard InChI is InChI=1S/C14H20N2O3/c1-10(14(18)19)8-16(11(2)12(3)17)9-13-5-4-6-15-7-13/h4-7,10-11H,8-9H2,1-3H3,(H,18,19).